The minimum Gasteiger partial charge on any atom is -0.494 e. The summed E-state index contributed by atoms with van der Waals surface area (Å²) in [5.41, 5.74) is 3.69. The Kier molecular flexibility index (Phi) is 5.84. The van der Waals surface area contributed by atoms with Crippen LogP contribution in [0.1, 0.15) is 23.0 Å². The highest BCUT2D eigenvalue weighted by atomic mass is 16.5. The molecule has 0 fully saturated rings. The second-order valence-corrected chi connectivity index (χ2v) is 6.65. The number of carbonyl (C=O) groups is 1. The van der Waals surface area contributed by atoms with E-state index >= 15 is 0 Å². The maximum atomic E-state index is 12.9. The van der Waals surface area contributed by atoms with Crippen LogP contribution >= 0.6 is 0 Å². The van der Waals surface area contributed by atoms with Gasteiger partial charge >= 0.3 is 0 Å². The number of nitrogens with one attached hydrogen (secondary N) is 1. The highest BCUT2D eigenvalue weighted by Crippen LogP contribution is 2.15. The number of fused-ring (bicyclic) bond motifs is 1. The standard InChI is InChI=1S/C24H20N4O3/c1-2-31-19-14-12-17(13-15-19)16-25-26-23(29)22-20-10-6-7-11-21(20)24(30)28(27-22)18-8-4-3-5-9-18/h3-16H,2H2,1H3,(H,26,29)/b25-16-. The zero-order chi connectivity index (χ0) is 21.6. The van der Waals surface area contributed by atoms with Crippen molar-refractivity contribution in [2.45, 2.75) is 6.92 Å². The van der Waals surface area contributed by atoms with Crippen molar-refractivity contribution in [2.24, 2.45) is 5.10 Å². The van der Waals surface area contributed by atoms with Crippen LogP contribution in [-0.2, 0) is 0 Å². The topological polar surface area (TPSA) is 85.6 Å². The highest BCUT2D eigenvalue weighted by molar-refractivity contribution is 6.05. The number of ether oxygens (including phenoxy) is 1. The molecule has 1 N–H and O–H groups in total. The molecule has 4 aromatic rings. The Hall–Kier alpha value is -4.26. The number of para-hydroxylation sites is 1. The van der Waals surface area contributed by atoms with Gasteiger partial charge in [-0.25, -0.2) is 5.43 Å². The van der Waals surface area contributed by atoms with Crippen molar-refractivity contribution in [2.75, 3.05) is 6.61 Å². The summed E-state index contributed by atoms with van der Waals surface area (Å²) in [4.78, 5) is 25.8. The van der Waals surface area contributed by atoms with Crippen molar-refractivity contribution >= 4 is 22.9 Å². The molecule has 0 unspecified atom stereocenters. The minimum atomic E-state index is -0.511. The molecular weight excluding hydrogens is 392 g/mol. The van der Waals surface area contributed by atoms with Crippen molar-refractivity contribution < 1.29 is 9.53 Å². The number of hydrazone groups is 1. The molecule has 0 aliphatic rings. The average molecular weight is 412 g/mol. The lowest BCUT2D eigenvalue weighted by Gasteiger charge is -2.10. The first kappa shape index (κ1) is 20.0. The van der Waals surface area contributed by atoms with Gasteiger partial charge in [0.2, 0.25) is 0 Å². The molecule has 1 amide bonds. The van der Waals surface area contributed by atoms with Crippen LogP contribution in [0.15, 0.2) is 88.8 Å². The summed E-state index contributed by atoms with van der Waals surface area (Å²) < 4.78 is 6.64. The fraction of sp³-hybridized carbons (Fsp3) is 0.0833. The molecule has 0 aliphatic heterocycles. The monoisotopic (exact) mass is 412 g/mol. The van der Waals surface area contributed by atoms with E-state index in [0.29, 0.717) is 23.1 Å². The molecule has 0 atom stereocenters. The Morgan fingerprint density at radius 1 is 1.00 bits per heavy atom. The molecule has 0 saturated carbocycles. The number of nitrogens with zero attached hydrogens (tertiary/aromatic N) is 3. The molecule has 4 rings (SSSR count). The summed E-state index contributed by atoms with van der Waals surface area (Å²) >= 11 is 0. The molecule has 0 bridgehead atoms. The van der Waals surface area contributed by atoms with Gasteiger partial charge in [-0.15, -0.1) is 0 Å². The first-order chi connectivity index (χ1) is 15.2. The lowest BCUT2D eigenvalue weighted by Crippen LogP contribution is -2.28. The summed E-state index contributed by atoms with van der Waals surface area (Å²) in [5, 5.41) is 9.23. The second-order valence-electron chi connectivity index (χ2n) is 6.65. The SMILES string of the molecule is CCOc1ccc(/C=N\NC(=O)c2nn(-c3ccccc3)c(=O)c3ccccc23)cc1. The molecule has 7 nitrogen and oxygen atoms in total. The fourth-order valence-electron chi connectivity index (χ4n) is 3.14. The Bertz CT molecular complexity index is 1300. The van der Waals surface area contributed by atoms with Gasteiger partial charge in [0.15, 0.2) is 5.69 Å². The van der Waals surface area contributed by atoms with Crippen molar-refractivity contribution in [3.8, 4) is 11.4 Å². The summed E-state index contributed by atoms with van der Waals surface area (Å²) in [5.74, 6) is 0.255. The third kappa shape index (κ3) is 4.35. The Morgan fingerprint density at radius 2 is 1.68 bits per heavy atom. The third-order valence-corrected chi connectivity index (χ3v) is 4.59. The maximum absolute atomic E-state index is 12.9. The molecule has 3 aromatic carbocycles. The zero-order valence-corrected chi connectivity index (χ0v) is 16.9. The summed E-state index contributed by atoms with van der Waals surface area (Å²) in [6.07, 6.45) is 1.53. The number of hydrogen-bond donors (Lipinski definition) is 1. The largest absolute Gasteiger partial charge is 0.494 e. The van der Waals surface area contributed by atoms with E-state index in [-0.39, 0.29) is 11.3 Å². The van der Waals surface area contributed by atoms with E-state index in [1.54, 1.807) is 48.5 Å². The van der Waals surface area contributed by atoms with E-state index in [0.717, 1.165) is 11.3 Å². The van der Waals surface area contributed by atoms with Gasteiger partial charge in [-0.2, -0.15) is 14.9 Å². The quantitative estimate of drug-likeness (QED) is 0.388. The molecule has 7 heteroatoms. The van der Waals surface area contributed by atoms with Crippen LogP contribution in [0, 0.1) is 0 Å². The van der Waals surface area contributed by atoms with Gasteiger partial charge in [0.1, 0.15) is 5.75 Å². The van der Waals surface area contributed by atoms with Crippen LogP contribution in [0.3, 0.4) is 0 Å². The second kappa shape index (κ2) is 9.04. The highest BCUT2D eigenvalue weighted by Gasteiger charge is 2.17. The van der Waals surface area contributed by atoms with Crippen LogP contribution in [0.4, 0.5) is 0 Å². The van der Waals surface area contributed by atoms with Gasteiger partial charge in [-0.3, -0.25) is 9.59 Å². The number of hydrogen-bond acceptors (Lipinski definition) is 5. The average Bonchev–Trinajstić information content (AvgIpc) is 2.81. The van der Waals surface area contributed by atoms with Gasteiger partial charge in [-0.05, 0) is 55.0 Å². The van der Waals surface area contributed by atoms with Gasteiger partial charge in [0, 0.05) is 5.39 Å². The predicted octanol–water partition coefficient (Wildman–Crippen LogP) is 3.55. The first-order valence-electron chi connectivity index (χ1n) is 9.81. The van der Waals surface area contributed by atoms with Crippen LogP contribution in [0.5, 0.6) is 5.75 Å². The smallest absolute Gasteiger partial charge is 0.292 e. The third-order valence-electron chi connectivity index (χ3n) is 4.59. The normalized spacial score (nSPS) is 11.0. The maximum Gasteiger partial charge on any atom is 0.292 e. The summed E-state index contributed by atoms with van der Waals surface area (Å²) in [7, 11) is 0. The predicted molar refractivity (Wildman–Crippen MR) is 120 cm³/mol. The van der Waals surface area contributed by atoms with Gasteiger partial charge < -0.3 is 4.74 Å². The summed E-state index contributed by atoms with van der Waals surface area (Å²) in [6, 6.07) is 23.2. The molecule has 0 radical (unpaired) electrons. The molecule has 154 valence electrons. The lowest BCUT2D eigenvalue weighted by atomic mass is 10.1. The summed E-state index contributed by atoms with van der Waals surface area (Å²) in [6.45, 7) is 2.51. The minimum absolute atomic E-state index is 0.114. The first-order valence-corrected chi connectivity index (χ1v) is 9.81. The van der Waals surface area contributed by atoms with Crippen LogP contribution in [-0.4, -0.2) is 28.5 Å². The van der Waals surface area contributed by atoms with Gasteiger partial charge in [-0.1, -0.05) is 36.4 Å². The molecule has 0 aliphatic carbocycles. The Balaban J connectivity index is 1.64. The van der Waals surface area contributed by atoms with E-state index in [1.807, 2.05) is 37.3 Å². The Labute approximate surface area is 178 Å². The number of benzene rings is 3. The van der Waals surface area contributed by atoms with Crippen molar-refractivity contribution in [1.29, 1.82) is 0 Å². The molecule has 1 aromatic heterocycles. The van der Waals surface area contributed by atoms with E-state index < -0.39 is 5.91 Å². The number of amides is 1. The molecule has 0 spiro atoms. The van der Waals surface area contributed by atoms with Crippen LogP contribution < -0.4 is 15.7 Å². The van der Waals surface area contributed by atoms with Gasteiger partial charge in [0.25, 0.3) is 11.5 Å². The molecular formula is C24H20N4O3. The van der Waals surface area contributed by atoms with Crippen LogP contribution in [0.2, 0.25) is 0 Å². The van der Waals surface area contributed by atoms with Crippen LogP contribution in [0.25, 0.3) is 16.5 Å². The number of carbonyl (C=O) groups excluding carboxylic acids is 1. The van der Waals surface area contributed by atoms with E-state index in [4.69, 9.17) is 4.74 Å². The zero-order valence-electron chi connectivity index (χ0n) is 16.9. The number of aromatic nitrogens is 2. The van der Waals surface area contributed by atoms with E-state index in [2.05, 4.69) is 15.6 Å². The molecule has 0 saturated heterocycles. The van der Waals surface area contributed by atoms with Crippen molar-refractivity contribution in [1.82, 2.24) is 15.2 Å². The molecule has 1 heterocycles. The number of rotatable bonds is 6. The van der Waals surface area contributed by atoms with Crippen molar-refractivity contribution in [3.63, 3.8) is 0 Å². The van der Waals surface area contributed by atoms with Crippen molar-refractivity contribution in [3.05, 3.63) is 100 Å². The fourth-order valence-corrected chi connectivity index (χ4v) is 3.14. The molecule has 31 heavy (non-hydrogen) atoms. The van der Waals surface area contributed by atoms with Gasteiger partial charge in [0.05, 0.1) is 23.9 Å². The Morgan fingerprint density at radius 3 is 2.39 bits per heavy atom. The van der Waals surface area contributed by atoms with E-state index in [9.17, 15) is 9.59 Å². The van der Waals surface area contributed by atoms with E-state index in [1.165, 1.54) is 10.9 Å². The lowest BCUT2D eigenvalue weighted by molar-refractivity contribution is 0.0950.